The normalized spacial score (nSPS) is 11.7. The Kier molecular flexibility index (Phi) is 10.4. The number of ether oxygens (including phenoxy) is 1. The standard InChI is InChI=1S/C30H35ClN2O3/c1-4-23-14-16-26(17-15-23)36-21-29(34)33(20-25-12-8-9-13-27(25)31)28(30(35)32-19-22(2)3)18-24-10-6-5-7-11-24/h5-17,22,28H,4,18-21H2,1-3H3,(H,32,35). The van der Waals surface area contributed by atoms with Gasteiger partial charge in [-0.2, -0.15) is 0 Å². The van der Waals surface area contributed by atoms with E-state index in [1.165, 1.54) is 5.56 Å². The Bertz CT molecular complexity index is 1120. The van der Waals surface area contributed by atoms with Gasteiger partial charge in [0, 0.05) is 24.5 Å². The summed E-state index contributed by atoms with van der Waals surface area (Å²) in [6.07, 6.45) is 1.31. The summed E-state index contributed by atoms with van der Waals surface area (Å²) in [7, 11) is 0. The van der Waals surface area contributed by atoms with Gasteiger partial charge in [0.25, 0.3) is 5.91 Å². The van der Waals surface area contributed by atoms with Crippen LogP contribution < -0.4 is 10.1 Å². The Morgan fingerprint density at radius 3 is 2.22 bits per heavy atom. The van der Waals surface area contributed by atoms with Crippen molar-refractivity contribution in [1.29, 1.82) is 0 Å². The lowest BCUT2D eigenvalue weighted by Gasteiger charge is -2.32. The first-order valence-corrected chi connectivity index (χ1v) is 12.8. The highest BCUT2D eigenvalue weighted by Gasteiger charge is 2.31. The van der Waals surface area contributed by atoms with Crippen LogP contribution in [-0.4, -0.2) is 35.9 Å². The van der Waals surface area contributed by atoms with E-state index in [9.17, 15) is 9.59 Å². The fraction of sp³-hybridized carbons (Fsp3) is 0.333. The minimum Gasteiger partial charge on any atom is -0.484 e. The first-order valence-electron chi connectivity index (χ1n) is 12.4. The summed E-state index contributed by atoms with van der Waals surface area (Å²) in [5.41, 5.74) is 2.93. The first kappa shape index (κ1) is 27.3. The Morgan fingerprint density at radius 2 is 1.58 bits per heavy atom. The van der Waals surface area contributed by atoms with E-state index < -0.39 is 6.04 Å². The number of benzene rings is 3. The molecule has 1 atom stereocenters. The number of halogens is 1. The van der Waals surface area contributed by atoms with Gasteiger partial charge in [-0.3, -0.25) is 9.59 Å². The third-order valence-corrected chi connectivity index (χ3v) is 6.32. The van der Waals surface area contributed by atoms with Crippen molar-refractivity contribution in [3.63, 3.8) is 0 Å². The van der Waals surface area contributed by atoms with Crippen molar-refractivity contribution in [3.05, 3.63) is 101 Å². The summed E-state index contributed by atoms with van der Waals surface area (Å²) in [5.74, 6) is 0.422. The molecule has 0 heterocycles. The molecule has 36 heavy (non-hydrogen) atoms. The maximum Gasteiger partial charge on any atom is 0.261 e. The fourth-order valence-corrected chi connectivity index (χ4v) is 4.03. The lowest BCUT2D eigenvalue weighted by atomic mass is 10.0. The van der Waals surface area contributed by atoms with Crippen LogP contribution in [0.5, 0.6) is 5.75 Å². The zero-order chi connectivity index (χ0) is 25.9. The molecule has 0 radical (unpaired) electrons. The molecule has 3 aromatic rings. The maximum atomic E-state index is 13.6. The Hall–Kier alpha value is -3.31. The van der Waals surface area contributed by atoms with Gasteiger partial charge in [0.05, 0.1) is 0 Å². The van der Waals surface area contributed by atoms with E-state index >= 15 is 0 Å². The van der Waals surface area contributed by atoms with Crippen molar-refractivity contribution in [2.24, 2.45) is 5.92 Å². The number of amides is 2. The van der Waals surface area contributed by atoms with Gasteiger partial charge in [-0.15, -0.1) is 0 Å². The van der Waals surface area contributed by atoms with Gasteiger partial charge in [-0.25, -0.2) is 0 Å². The number of hydrogen-bond acceptors (Lipinski definition) is 3. The number of aryl methyl sites for hydroxylation is 1. The molecule has 0 bridgehead atoms. The molecule has 0 spiro atoms. The molecular formula is C30H35ClN2O3. The fourth-order valence-electron chi connectivity index (χ4n) is 3.84. The zero-order valence-electron chi connectivity index (χ0n) is 21.2. The van der Waals surface area contributed by atoms with E-state index in [2.05, 4.69) is 12.2 Å². The highest BCUT2D eigenvalue weighted by molar-refractivity contribution is 6.31. The number of nitrogens with one attached hydrogen (secondary N) is 1. The van der Waals surface area contributed by atoms with Gasteiger partial charge < -0.3 is 15.0 Å². The van der Waals surface area contributed by atoms with Crippen molar-refractivity contribution in [1.82, 2.24) is 10.2 Å². The van der Waals surface area contributed by atoms with Crippen molar-refractivity contribution < 1.29 is 14.3 Å². The highest BCUT2D eigenvalue weighted by Crippen LogP contribution is 2.21. The monoisotopic (exact) mass is 506 g/mol. The third-order valence-electron chi connectivity index (χ3n) is 5.95. The second-order valence-electron chi connectivity index (χ2n) is 9.24. The Balaban J connectivity index is 1.89. The lowest BCUT2D eigenvalue weighted by molar-refractivity contribution is -0.142. The van der Waals surface area contributed by atoms with E-state index in [0.717, 1.165) is 17.5 Å². The topological polar surface area (TPSA) is 58.6 Å². The predicted molar refractivity (Wildman–Crippen MR) is 145 cm³/mol. The van der Waals surface area contributed by atoms with Crippen LogP contribution in [0.1, 0.15) is 37.5 Å². The smallest absolute Gasteiger partial charge is 0.261 e. The summed E-state index contributed by atoms with van der Waals surface area (Å²) in [5, 5.41) is 3.57. The first-order chi connectivity index (χ1) is 17.4. The van der Waals surface area contributed by atoms with Crippen LogP contribution in [0, 0.1) is 5.92 Å². The quantitative estimate of drug-likeness (QED) is 0.343. The molecule has 6 heteroatoms. The van der Waals surface area contributed by atoms with Crippen LogP contribution in [-0.2, 0) is 29.0 Å². The number of carbonyl (C=O) groups is 2. The molecule has 0 saturated heterocycles. The van der Waals surface area contributed by atoms with Gasteiger partial charge in [0.15, 0.2) is 6.61 Å². The van der Waals surface area contributed by atoms with Gasteiger partial charge in [-0.1, -0.05) is 93.0 Å². The molecule has 0 aliphatic rings. The molecule has 190 valence electrons. The molecule has 0 aliphatic heterocycles. The molecule has 1 unspecified atom stereocenters. The highest BCUT2D eigenvalue weighted by atomic mass is 35.5. The van der Waals surface area contributed by atoms with Gasteiger partial charge in [0.2, 0.25) is 5.91 Å². The van der Waals surface area contributed by atoms with E-state index in [0.29, 0.717) is 23.7 Å². The van der Waals surface area contributed by atoms with E-state index in [1.807, 2.05) is 86.6 Å². The summed E-state index contributed by atoms with van der Waals surface area (Å²) in [6.45, 7) is 6.71. The maximum absolute atomic E-state index is 13.6. The van der Waals surface area contributed by atoms with Crippen LogP contribution in [0.4, 0.5) is 0 Å². The van der Waals surface area contributed by atoms with Gasteiger partial charge in [0.1, 0.15) is 11.8 Å². The predicted octanol–water partition coefficient (Wildman–Crippen LogP) is 5.69. The molecule has 5 nitrogen and oxygen atoms in total. The van der Waals surface area contributed by atoms with Crippen LogP contribution in [0.25, 0.3) is 0 Å². The molecule has 0 saturated carbocycles. The number of rotatable bonds is 12. The van der Waals surface area contributed by atoms with Crippen LogP contribution in [0.3, 0.4) is 0 Å². The molecule has 3 aromatic carbocycles. The molecule has 3 rings (SSSR count). The molecular weight excluding hydrogens is 472 g/mol. The number of carbonyl (C=O) groups excluding carboxylic acids is 2. The summed E-state index contributed by atoms with van der Waals surface area (Å²) in [6, 6.07) is 24.1. The summed E-state index contributed by atoms with van der Waals surface area (Å²) in [4.78, 5) is 28.6. The molecule has 1 N–H and O–H groups in total. The average Bonchev–Trinajstić information content (AvgIpc) is 2.89. The van der Waals surface area contributed by atoms with Crippen molar-refractivity contribution >= 4 is 23.4 Å². The minimum absolute atomic E-state index is 0.182. The second kappa shape index (κ2) is 13.7. The van der Waals surface area contributed by atoms with Crippen molar-refractivity contribution in [2.75, 3.05) is 13.2 Å². The number of hydrogen-bond donors (Lipinski definition) is 1. The van der Waals surface area contributed by atoms with Crippen LogP contribution >= 0.6 is 11.6 Å². The van der Waals surface area contributed by atoms with Gasteiger partial charge in [-0.05, 0) is 47.2 Å². The van der Waals surface area contributed by atoms with Crippen LogP contribution in [0.2, 0.25) is 5.02 Å². The van der Waals surface area contributed by atoms with E-state index in [4.69, 9.17) is 16.3 Å². The van der Waals surface area contributed by atoms with E-state index in [1.54, 1.807) is 11.0 Å². The zero-order valence-corrected chi connectivity index (χ0v) is 22.0. The lowest BCUT2D eigenvalue weighted by Crippen LogP contribution is -2.52. The third kappa shape index (κ3) is 8.13. The average molecular weight is 507 g/mol. The number of nitrogens with zero attached hydrogens (tertiary/aromatic N) is 1. The SMILES string of the molecule is CCc1ccc(OCC(=O)N(Cc2ccccc2Cl)C(Cc2ccccc2)C(=O)NCC(C)C)cc1. The molecule has 2 amide bonds. The van der Waals surface area contributed by atoms with E-state index in [-0.39, 0.29) is 30.9 Å². The minimum atomic E-state index is -0.721. The van der Waals surface area contributed by atoms with Crippen LogP contribution in [0.15, 0.2) is 78.9 Å². The second-order valence-corrected chi connectivity index (χ2v) is 9.65. The molecule has 0 aromatic heterocycles. The largest absolute Gasteiger partial charge is 0.484 e. The van der Waals surface area contributed by atoms with Crippen molar-refractivity contribution in [2.45, 2.75) is 46.2 Å². The summed E-state index contributed by atoms with van der Waals surface area (Å²) < 4.78 is 5.84. The summed E-state index contributed by atoms with van der Waals surface area (Å²) >= 11 is 6.45. The van der Waals surface area contributed by atoms with Gasteiger partial charge >= 0.3 is 0 Å². The Labute approximate surface area is 219 Å². The Morgan fingerprint density at radius 1 is 0.917 bits per heavy atom. The molecule has 0 aliphatic carbocycles. The molecule has 0 fully saturated rings. The van der Waals surface area contributed by atoms with Crippen molar-refractivity contribution in [3.8, 4) is 5.75 Å².